The van der Waals surface area contributed by atoms with Crippen molar-refractivity contribution in [3.05, 3.63) is 29.3 Å². The van der Waals surface area contributed by atoms with Crippen LogP contribution in [0.15, 0.2) is 24.3 Å². The normalized spacial score (nSPS) is 10.6. The molecule has 2 aromatic rings. The fourth-order valence-electron chi connectivity index (χ4n) is 1.71. The molecule has 1 aromatic heterocycles. The van der Waals surface area contributed by atoms with Gasteiger partial charge in [0, 0.05) is 13.5 Å². The first kappa shape index (κ1) is 12.0. The molecule has 1 N–H and O–H groups in total. The van der Waals surface area contributed by atoms with Crippen molar-refractivity contribution in [1.82, 2.24) is 10.3 Å². The monoisotopic (exact) mass is 248 g/mol. The summed E-state index contributed by atoms with van der Waals surface area (Å²) in [7, 11) is 1.68. The van der Waals surface area contributed by atoms with Crippen molar-refractivity contribution >= 4 is 27.5 Å². The predicted octanol–water partition coefficient (Wildman–Crippen LogP) is 2.76. The number of fused-ring (bicyclic) bond motifs is 1. The molecule has 17 heavy (non-hydrogen) atoms. The van der Waals surface area contributed by atoms with E-state index in [1.54, 1.807) is 18.4 Å². The molecule has 3 nitrogen and oxygen atoms in total. The Morgan fingerprint density at radius 1 is 1.35 bits per heavy atom. The molecule has 0 atom stereocenters. The summed E-state index contributed by atoms with van der Waals surface area (Å²) in [5.74, 6) is 0.120. The molecular formula is C13H16N2OS. The van der Waals surface area contributed by atoms with Crippen LogP contribution in [-0.2, 0) is 11.2 Å². The summed E-state index contributed by atoms with van der Waals surface area (Å²) in [5, 5.41) is 3.80. The zero-order valence-corrected chi connectivity index (χ0v) is 10.7. The Labute approximate surface area is 105 Å². The van der Waals surface area contributed by atoms with Crippen LogP contribution in [0.25, 0.3) is 10.2 Å². The highest BCUT2D eigenvalue weighted by Crippen LogP contribution is 2.22. The molecule has 1 aromatic carbocycles. The lowest BCUT2D eigenvalue weighted by molar-refractivity contribution is -0.120. The van der Waals surface area contributed by atoms with Crippen LogP contribution in [0.5, 0.6) is 0 Å². The minimum atomic E-state index is 0.120. The number of para-hydroxylation sites is 1. The number of aryl methyl sites for hydroxylation is 1. The molecule has 0 saturated heterocycles. The Kier molecular flexibility index (Phi) is 4.09. The number of nitrogens with one attached hydrogen (secondary N) is 1. The number of thiazole rings is 1. The molecule has 0 unspecified atom stereocenters. The third-order valence-electron chi connectivity index (χ3n) is 2.66. The Hall–Kier alpha value is -1.42. The summed E-state index contributed by atoms with van der Waals surface area (Å²) in [5.41, 5.74) is 1.08. The zero-order valence-electron chi connectivity index (χ0n) is 9.90. The van der Waals surface area contributed by atoms with Gasteiger partial charge in [-0.25, -0.2) is 4.98 Å². The van der Waals surface area contributed by atoms with Crippen LogP contribution >= 0.6 is 11.3 Å². The Morgan fingerprint density at radius 3 is 2.94 bits per heavy atom. The van der Waals surface area contributed by atoms with E-state index >= 15 is 0 Å². The second-order valence-corrected chi connectivity index (χ2v) is 5.07. The number of amides is 1. The molecule has 0 saturated carbocycles. The standard InChI is InChI=1S/C13H16N2OS/c1-14-12(16)8-4-5-9-13-15-10-6-2-3-7-11(10)17-13/h2-3,6-7H,4-5,8-9H2,1H3,(H,14,16). The summed E-state index contributed by atoms with van der Waals surface area (Å²) in [4.78, 5) is 15.6. The largest absolute Gasteiger partial charge is 0.359 e. The number of benzene rings is 1. The van der Waals surface area contributed by atoms with Crippen LogP contribution in [0.1, 0.15) is 24.3 Å². The molecule has 0 spiro atoms. The maximum Gasteiger partial charge on any atom is 0.219 e. The molecule has 2 rings (SSSR count). The molecule has 0 fully saturated rings. The van der Waals surface area contributed by atoms with Crippen molar-refractivity contribution in [1.29, 1.82) is 0 Å². The molecule has 1 amide bonds. The zero-order chi connectivity index (χ0) is 12.1. The Morgan fingerprint density at radius 2 is 2.18 bits per heavy atom. The van der Waals surface area contributed by atoms with Gasteiger partial charge in [-0.15, -0.1) is 11.3 Å². The first-order valence-electron chi connectivity index (χ1n) is 5.84. The molecule has 4 heteroatoms. The van der Waals surface area contributed by atoms with Crippen LogP contribution in [0, 0.1) is 0 Å². The van der Waals surface area contributed by atoms with Gasteiger partial charge in [-0.3, -0.25) is 4.79 Å². The highest BCUT2D eigenvalue weighted by Gasteiger charge is 2.03. The lowest BCUT2D eigenvalue weighted by Crippen LogP contribution is -2.16. The molecule has 0 aliphatic carbocycles. The maximum absolute atomic E-state index is 11.0. The van der Waals surface area contributed by atoms with Gasteiger partial charge < -0.3 is 5.32 Å². The van der Waals surface area contributed by atoms with E-state index in [1.807, 2.05) is 18.2 Å². The van der Waals surface area contributed by atoms with Crippen LogP contribution in [0.2, 0.25) is 0 Å². The number of hydrogen-bond acceptors (Lipinski definition) is 3. The van der Waals surface area contributed by atoms with Crippen molar-refractivity contribution in [2.45, 2.75) is 25.7 Å². The van der Waals surface area contributed by atoms with Crippen molar-refractivity contribution in [2.24, 2.45) is 0 Å². The lowest BCUT2D eigenvalue weighted by atomic mass is 10.2. The van der Waals surface area contributed by atoms with Crippen molar-refractivity contribution in [3.8, 4) is 0 Å². The van der Waals surface area contributed by atoms with Gasteiger partial charge in [0.1, 0.15) is 0 Å². The summed E-state index contributed by atoms with van der Waals surface area (Å²) in [6.07, 6.45) is 3.53. The minimum Gasteiger partial charge on any atom is -0.359 e. The van der Waals surface area contributed by atoms with Crippen LogP contribution in [0.4, 0.5) is 0 Å². The van der Waals surface area contributed by atoms with Gasteiger partial charge in [-0.05, 0) is 31.4 Å². The van der Waals surface area contributed by atoms with E-state index in [0.717, 1.165) is 24.8 Å². The molecule has 90 valence electrons. The second-order valence-electron chi connectivity index (χ2n) is 3.96. The quantitative estimate of drug-likeness (QED) is 0.827. The Balaban J connectivity index is 1.85. The third kappa shape index (κ3) is 3.27. The minimum absolute atomic E-state index is 0.120. The maximum atomic E-state index is 11.0. The van der Waals surface area contributed by atoms with E-state index in [4.69, 9.17) is 0 Å². The van der Waals surface area contributed by atoms with Gasteiger partial charge in [0.25, 0.3) is 0 Å². The molecule has 0 aliphatic rings. The fraction of sp³-hybridized carbons (Fsp3) is 0.385. The smallest absolute Gasteiger partial charge is 0.219 e. The van der Waals surface area contributed by atoms with E-state index in [0.29, 0.717) is 6.42 Å². The average molecular weight is 248 g/mol. The number of rotatable bonds is 5. The molecule has 0 bridgehead atoms. The lowest BCUT2D eigenvalue weighted by Gasteiger charge is -1.98. The Bertz CT molecular complexity index is 474. The van der Waals surface area contributed by atoms with Gasteiger partial charge in [0.15, 0.2) is 0 Å². The summed E-state index contributed by atoms with van der Waals surface area (Å²) >= 11 is 1.75. The van der Waals surface area contributed by atoms with Gasteiger partial charge in [0.05, 0.1) is 15.2 Å². The fourth-order valence-corrected chi connectivity index (χ4v) is 2.72. The number of carbonyl (C=O) groups excluding carboxylic acids is 1. The number of hydrogen-bond donors (Lipinski definition) is 1. The van der Waals surface area contributed by atoms with Crippen molar-refractivity contribution in [2.75, 3.05) is 7.05 Å². The molecule has 1 heterocycles. The van der Waals surface area contributed by atoms with E-state index in [9.17, 15) is 4.79 Å². The van der Waals surface area contributed by atoms with Gasteiger partial charge in [0.2, 0.25) is 5.91 Å². The van der Waals surface area contributed by atoms with Gasteiger partial charge >= 0.3 is 0 Å². The van der Waals surface area contributed by atoms with Gasteiger partial charge in [-0.2, -0.15) is 0 Å². The number of aromatic nitrogens is 1. The van der Waals surface area contributed by atoms with Crippen LogP contribution in [0.3, 0.4) is 0 Å². The highest BCUT2D eigenvalue weighted by atomic mass is 32.1. The number of unbranched alkanes of at least 4 members (excludes halogenated alkanes) is 1. The van der Waals surface area contributed by atoms with E-state index in [1.165, 1.54) is 9.71 Å². The second kappa shape index (κ2) is 5.77. The summed E-state index contributed by atoms with van der Waals surface area (Å²) in [6, 6.07) is 8.19. The van der Waals surface area contributed by atoms with E-state index in [2.05, 4.69) is 16.4 Å². The van der Waals surface area contributed by atoms with Crippen molar-refractivity contribution < 1.29 is 4.79 Å². The SMILES string of the molecule is CNC(=O)CCCCc1nc2ccccc2s1. The molecule has 0 aliphatic heterocycles. The summed E-state index contributed by atoms with van der Waals surface area (Å²) < 4.78 is 1.24. The first-order valence-corrected chi connectivity index (χ1v) is 6.66. The van der Waals surface area contributed by atoms with Gasteiger partial charge in [-0.1, -0.05) is 12.1 Å². The van der Waals surface area contributed by atoms with E-state index in [-0.39, 0.29) is 5.91 Å². The third-order valence-corrected chi connectivity index (χ3v) is 3.76. The van der Waals surface area contributed by atoms with Crippen LogP contribution in [-0.4, -0.2) is 17.9 Å². The molecule has 0 radical (unpaired) electrons. The van der Waals surface area contributed by atoms with Crippen LogP contribution < -0.4 is 5.32 Å². The van der Waals surface area contributed by atoms with E-state index < -0.39 is 0 Å². The molecular weight excluding hydrogens is 232 g/mol. The highest BCUT2D eigenvalue weighted by molar-refractivity contribution is 7.18. The average Bonchev–Trinajstić information content (AvgIpc) is 2.76. The summed E-state index contributed by atoms with van der Waals surface area (Å²) in [6.45, 7) is 0. The topological polar surface area (TPSA) is 42.0 Å². The predicted molar refractivity (Wildman–Crippen MR) is 71.2 cm³/mol. The number of nitrogens with zero attached hydrogens (tertiary/aromatic N) is 1. The van der Waals surface area contributed by atoms with Crippen molar-refractivity contribution in [3.63, 3.8) is 0 Å². The number of carbonyl (C=O) groups is 1. The first-order chi connectivity index (χ1) is 8.29.